The molecule has 1 aromatic carbocycles. The van der Waals surface area contributed by atoms with Crippen LogP contribution in [0.25, 0.3) is 0 Å². The molecule has 1 atom stereocenters. The second-order valence-electron chi connectivity index (χ2n) is 5.58. The van der Waals surface area contributed by atoms with Gasteiger partial charge >= 0.3 is 5.82 Å². The van der Waals surface area contributed by atoms with Gasteiger partial charge in [-0.15, -0.1) is 0 Å². The van der Waals surface area contributed by atoms with Gasteiger partial charge in [0.05, 0.1) is 6.04 Å². The van der Waals surface area contributed by atoms with Gasteiger partial charge in [0.2, 0.25) is 5.75 Å². The first-order valence-corrected chi connectivity index (χ1v) is 7.74. The molecule has 0 saturated heterocycles. The number of benzene rings is 1. The Hall–Kier alpha value is -2.96. The summed E-state index contributed by atoms with van der Waals surface area (Å²) in [5.41, 5.74) is 2.38. The van der Waals surface area contributed by atoms with Gasteiger partial charge < -0.3 is 20.2 Å². The molecule has 1 N–H and O–H groups in total. The SMILES string of the molecule is O=C(COc1cccnc1[N+](=O)[O-])N[C@@H]1CCCc2ccccc21. The molecule has 1 aliphatic rings. The molecule has 0 unspecified atom stereocenters. The van der Waals surface area contributed by atoms with Gasteiger partial charge in [0.25, 0.3) is 5.91 Å². The standard InChI is InChI=1S/C17H17N3O4/c21-16(11-24-15-9-4-10-18-17(15)20(22)23)19-14-8-3-6-12-5-1-2-7-13(12)14/h1-2,4-5,7,9-10,14H,3,6,8,11H2,(H,19,21)/t14-/m1/s1. The summed E-state index contributed by atoms with van der Waals surface area (Å²) in [5.74, 6) is -0.718. The fourth-order valence-corrected chi connectivity index (χ4v) is 2.92. The van der Waals surface area contributed by atoms with E-state index in [0.717, 1.165) is 24.8 Å². The van der Waals surface area contributed by atoms with Crippen molar-refractivity contribution in [2.45, 2.75) is 25.3 Å². The first-order chi connectivity index (χ1) is 11.6. The van der Waals surface area contributed by atoms with Crippen molar-refractivity contribution in [1.82, 2.24) is 10.3 Å². The minimum absolute atomic E-state index is 0.0123. The number of hydrogen-bond acceptors (Lipinski definition) is 5. The minimum Gasteiger partial charge on any atom is -0.476 e. The zero-order chi connectivity index (χ0) is 16.9. The summed E-state index contributed by atoms with van der Waals surface area (Å²) < 4.78 is 5.27. The third-order valence-electron chi connectivity index (χ3n) is 3.99. The maximum atomic E-state index is 12.1. The maximum Gasteiger partial charge on any atom is 0.406 e. The van der Waals surface area contributed by atoms with E-state index in [-0.39, 0.29) is 24.3 Å². The first-order valence-electron chi connectivity index (χ1n) is 7.74. The molecule has 1 aromatic heterocycles. The highest BCUT2D eigenvalue weighted by atomic mass is 16.6. The summed E-state index contributed by atoms with van der Waals surface area (Å²) in [7, 11) is 0. The monoisotopic (exact) mass is 327 g/mol. The zero-order valence-electron chi connectivity index (χ0n) is 13.0. The summed E-state index contributed by atoms with van der Waals surface area (Å²) in [6.07, 6.45) is 4.21. The molecule has 24 heavy (non-hydrogen) atoms. The van der Waals surface area contributed by atoms with E-state index in [1.54, 1.807) is 0 Å². The van der Waals surface area contributed by atoms with Crippen molar-refractivity contribution in [3.05, 3.63) is 63.8 Å². The quantitative estimate of drug-likeness (QED) is 0.673. The average molecular weight is 327 g/mol. The lowest BCUT2D eigenvalue weighted by atomic mass is 9.88. The number of rotatable bonds is 5. The molecule has 2 aromatic rings. The average Bonchev–Trinajstić information content (AvgIpc) is 2.60. The van der Waals surface area contributed by atoms with Crippen LogP contribution < -0.4 is 10.1 Å². The van der Waals surface area contributed by atoms with Gasteiger partial charge in [-0.2, -0.15) is 0 Å². The van der Waals surface area contributed by atoms with Crippen molar-refractivity contribution in [3.63, 3.8) is 0 Å². The molecule has 124 valence electrons. The normalized spacial score (nSPS) is 16.1. The van der Waals surface area contributed by atoms with E-state index in [0.29, 0.717) is 0 Å². The van der Waals surface area contributed by atoms with Gasteiger partial charge in [-0.25, -0.2) is 0 Å². The minimum atomic E-state index is -0.634. The van der Waals surface area contributed by atoms with Crippen molar-refractivity contribution >= 4 is 11.7 Å². The number of amides is 1. The van der Waals surface area contributed by atoms with Gasteiger partial charge in [-0.05, 0) is 52.4 Å². The van der Waals surface area contributed by atoms with Crippen LogP contribution in [0.2, 0.25) is 0 Å². The fourth-order valence-electron chi connectivity index (χ4n) is 2.92. The number of hydrogen-bond donors (Lipinski definition) is 1. The zero-order valence-corrected chi connectivity index (χ0v) is 13.0. The summed E-state index contributed by atoms with van der Waals surface area (Å²) in [6, 6.07) is 10.9. The summed E-state index contributed by atoms with van der Waals surface area (Å²) in [5, 5.41) is 13.8. The highest BCUT2D eigenvalue weighted by Crippen LogP contribution is 2.29. The van der Waals surface area contributed by atoms with Crippen LogP contribution in [0.1, 0.15) is 30.0 Å². The largest absolute Gasteiger partial charge is 0.476 e. The van der Waals surface area contributed by atoms with Gasteiger partial charge in [-0.3, -0.25) is 4.79 Å². The van der Waals surface area contributed by atoms with Crippen LogP contribution in [0.15, 0.2) is 42.6 Å². The van der Waals surface area contributed by atoms with E-state index in [2.05, 4.69) is 16.4 Å². The predicted octanol–water partition coefficient (Wildman–Crippen LogP) is 2.56. The molecule has 0 saturated carbocycles. The Labute approximate surface area is 138 Å². The third-order valence-corrected chi connectivity index (χ3v) is 3.99. The summed E-state index contributed by atoms with van der Waals surface area (Å²) in [4.78, 5) is 26.0. The fraction of sp³-hybridized carbons (Fsp3) is 0.294. The number of pyridine rings is 1. The van der Waals surface area contributed by atoms with Crippen LogP contribution in [-0.2, 0) is 11.2 Å². The number of fused-ring (bicyclic) bond motifs is 1. The molecule has 1 heterocycles. The number of aromatic nitrogens is 1. The third kappa shape index (κ3) is 3.51. The molecule has 7 nitrogen and oxygen atoms in total. The van der Waals surface area contributed by atoms with Crippen LogP contribution >= 0.6 is 0 Å². The summed E-state index contributed by atoms with van der Waals surface area (Å²) >= 11 is 0. The van der Waals surface area contributed by atoms with Crippen molar-refractivity contribution in [2.24, 2.45) is 0 Å². The van der Waals surface area contributed by atoms with Gasteiger partial charge in [0.1, 0.15) is 6.20 Å². The first kappa shape index (κ1) is 15.9. The molecule has 0 bridgehead atoms. The molecule has 3 rings (SSSR count). The Morgan fingerprint density at radius 2 is 2.17 bits per heavy atom. The Balaban J connectivity index is 1.62. The van der Waals surface area contributed by atoms with Crippen molar-refractivity contribution in [3.8, 4) is 5.75 Å². The number of nitrogens with zero attached hydrogens (tertiary/aromatic N) is 2. The van der Waals surface area contributed by atoms with Crippen LogP contribution in [0.3, 0.4) is 0 Å². The van der Waals surface area contributed by atoms with Gasteiger partial charge in [0.15, 0.2) is 6.61 Å². The highest BCUT2D eigenvalue weighted by molar-refractivity contribution is 5.78. The lowest BCUT2D eigenvalue weighted by molar-refractivity contribution is -0.390. The molecule has 7 heteroatoms. The number of ether oxygens (including phenoxy) is 1. The Bertz CT molecular complexity index is 763. The smallest absolute Gasteiger partial charge is 0.406 e. The van der Waals surface area contributed by atoms with E-state index in [9.17, 15) is 14.9 Å². The lowest BCUT2D eigenvalue weighted by Crippen LogP contribution is -2.34. The number of nitro groups is 1. The lowest BCUT2D eigenvalue weighted by Gasteiger charge is -2.26. The topological polar surface area (TPSA) is 94.4 Å². The molecular formula is C17H17N3O4. The predicted molar refractivity (Wildman–Crippen MR) is 86.7 cm³/mol. The summed E-state index contributed by atoms with van der Waals surface area (Å²) in [6.45, 7) is -0.287. The van der Waals surface area contributed by atoms with E-state index in [1.807, 2.05) is 18.2 Å². The Morgan fingerprint density at radius 1 is 1.33 bits per heavy atom. The highest BCUT2D eigenvalue weighted by Gasteiger charge is 2.22. The Kier molecular flexibility index (Phi) is 4.69. The van der Waals surface area contributed by atoms with Crippen molar-refractivity contribution in [1.29, 1.82) is 0 Å². The van der Waals surface area contributed by atoms with Crippen molar-refractivity contribution in [2.75, 3.05) is 6.61 Å². The number of carbonyl (C=O) groups excluding carboxylic acids is 1. The van der Waals surface area contributed by atoms with Crippen LogP contribution in [0.5, 0.6) is 5.75 Å². The second-order valence-corrected chi connectivity index (χ2v) is 5.58. The number of aryl methyl sites for hydroxylation is 1. The van der Waals surface area contributed by atoms with Gasteiger partial charge in [-0.1, -0.05) is 24.3 Å². The number of nitrogens with one attached hydrogen (secondary N) is 1. The Morgan fingerprint density at radius 3 is 3.00 bits per heavy atom. The molecule has 0 radical (unpaired) electrons. The second kappa shape index (κ2) is 7.08. The molecule has 1 aliphatic carbocycles. The van der Waals surface area contributed by atoms with Gasteiger partial charge in [0, 0.05) is 0 Å². The molecule has 1 amide bonds. The van der Waals surface area contributed by atoms with Crippen LogP contribution in [0, 0.1) is 10.1 Å². The van der Waals surface area contributed by atoms with E-state index >= 15 is 0 Å². The van der Waals surface area contributed by atoms with E-state index in [1.165, 1.54) is 23.9 Å². The van der Waals surface area contributed by atoms with Crippen LogP contribution in [-0.4, -0.2) is 22.4 Å². The molecular weight excluding hydrogens is 310 g/mol. The van der Waals surface area contributed by atoms with E-state index < -0.39 is 10.7 Å². The molecule has 0 fully saturated rings. The molecule has 0 aliphatic heterocycles. The van der Waals surface area contributed by atoms with Crippen molar-refractivity contribution < 1.29 is 14.5 Å². The maximum absolute atomic E-state index is 12.1. The molecule has 0 spiro atoms. The van der Waals surface area contributed by atoms with Crippen LogP contribution in [0.4, 0.5) is 5.82 Å². The number of carbonyl (C=O) groups is 1. The van der Waals surface area contributed by atoms with E-state index in [4.69, 9.17) is 4.74 Å².